The molecule has 0 radical (unpaired) electrons. The van der Waals surface area contributed by atoms with Crippen LogP contribution in [-0.4, -0.2) is 0 Å². The topological polar surface area (TPSA) is 0 Å². The fraction of sp³-hybridized carbons (Fsp3) is 0.833. The van der Waals surface area contributed by atoms with E-state index in [1.165, 1.54) is 44.1 Å². The van der Waals surface area contributed by atoms with E-state index >= 15 is 0 Å². The van der Waals surface area contributed by atoms with Crippen molar-refractivity contribution in [1.29, 1.82) is 0 Å². The molecule has 0 aromatic rings. The molecule has 1 fully saturated rings. The molecule has 0 N–H and O–H groups in total. The third kappa shape index (κ3) is 3.94. The molecule has 0 amide bonds. The molecule has 72 valence electrons. The Balaban J connectivity index is 0.000000561. The molecule has 0 nitrogen and oxygen atoms in total. The summed E-state index contributed by atoms with van der Waals surface area (Å²) < 4.78 is 0. The van der Waals surface area contributed by atoms with Crippen LogP contribution in [0.25, 0.3) is 0 Å². The van der Waals surface area contributed by atoms with Crippen molar-refractivity contribution in [3.63, 3.8) is 0 Å². The predicted octanol–water partition coefficient (Wildman–Crippen LogP) is 4.56. The molecule has 1 atom stereocenters. The van der Waals surface area contributed by atoms with Crippen LogP contribution in [0.2, 0.25) is 0 Å². The van der Waals surface area contributed by atoms with Crippen LogP contribution in [0.1, 0.15) is 59.3 Å². The summed E-state index contributed by atoms with van der Waals surface area (Å²) in [6.07, 6.45) is 8.22. The Kier molecular flexibility index (Phi) is 7.23. The maximum Gasteiger partial charge on any atom is -0.0206 e. The average molecular weight is 168 g/mol. The van der Waals surface area contributed by atoms with E-state index in [0.29, 0.717) is 0 Å². The van der Waals surface area contributed by atoms with Crippen molar-refractivity contribution in [2.24, 2.45) is 5.92 Å². The molecule has 0 aromatic carbocycles. The monoisotopic (exact) mass is 168 g/mol. The standard InChI is InChI=1S/C10H18.C2H6/c1-3-6-10-8-5-4-7-9(10)2;1-2/h10H,2-8H2,1H3;1-2H3. The van der Waals surface area contributed by atoms with Gasteiger partial charge in [0.2, 0.25) is 0 Å². The number of rotatable bonds is 2. The van der Waals surface area contributed by atoms with E-state index in [2.05, 4.69) is 13.5 Å². The number of allylic oxidation sites excluding steroid dienone is 1. The lowest BCUT2D eigenvalue weighted by Gasteiger charge is -2.23. The molecule has 0 aliphatic heterocycles. The largest absolute Gasteiger partial charge is 0.0996 e. The summed E-state index contributed by atoms with van der Waals surface area (Å²) in [6, 6.07) is 0. The first-order valence-corrected chi connectivity index (χ1v) is 5.52. The summed E-state index contributed by atoms with van der Waals surface area (Å²) in [7, 11) is 0. The SMILES string of the molecule is C=C1CCCCC1CCC.CC. The third-order valence-corrected chi connectivity index (χ3v) is 2.51. The first-order valence-electron chi connectivity index (χ1n) is 5.52. The van der Waals surface area contributed by atoms with Gasteiger partial charge in [-0.3, -0.25) is 0 Å². The molecule has 0 spiro atoms. The van der Waals surface area contributed by atoms with Crippen LogP contribution in [-0.2, 0) is 0 Å². The van der Waals surface area contributed by atoms with Crippen molar-refractivity contribution in [2.45, 2.75) is 59.3 Å². The van der Waals surface area contributed by atoms with Gasteiger partial charge in [-0.2, -0.15) is 0 Å². The molecular formula is C12H24. The number of hydrogen-bond acceptors (Lipinski definition) is 0. The van der Waals surface area contributed by atoms with Gasteiger partial charge in [0, 0.05) is 0 Å². The molecule has 12 heavy (non-hydrogen) atoms. The van der Waals surface area contributed by atoms with Gasteiger partial charge in [-0.25, -0.2) is 0 Å². The number of hydrogen-bond donors (Lipinski definition) is 0. The van der Waals surface area contributed by atoms with Crippen LogP contribution in [0.3, 0.4) is 0 Å². The maximum atomic E-state index is 4.11. The quantitative estimate of drug-likeness (QED) is 0.530. The molecule has 1 saturated carbocycles. The van der Waals surface area contributed by atoms with Crippen molar-refractivity contribution in [3.8, 4) is 0 Å². The van der Waals surface area contributed by atoms with Gasteiger partial charge in [-0.05, 0) is 31.6 Å². The normalized spacial score (nSPS) is 22.9. The lowest BCUT2D eigenvalue weighted by molar-refractivity contribution is 0.426. The van der Waals surface area contributed by atoms with Crippen LogP contribution in [0.5, 0.6) is 0 Å². The van der Waals surface area contributed by atoms with E-state index < -0.39 is 0 Å². The fourth-order valence-electron chi connectivity index (χ4n) is 1.85. The van der Waals surface area contributed by atoms with Gasteiger partial charge in [0.1, 0.15) is 0 Å². The van der Waals surface area contributed by atoms with Gasteiger partial charge < -0.3 is 0 Å². The zero-order valence-corrected chi connectivity index (χ0v) is 9.03. The highest BCUT2D eigenvalue weighted by molar-refractivity contribution is 5.02. The lowest BCUT2D eigenvalue weighted by Crippen LogP contribution is -2.08. The second-order valence-corrected chi connectivity index (χ2v) is 3.39. The molecule has 1 aliphatic carbocycles. The first-order chi connectivity index (χ1) is 5.84. The minimum absolute atomic E-state index is 0.874. The van der Waals surface area contributed by atoms with Gasteiger partial charge in [-0.1, -0.05) is 45.8 Å². The van der Waals surface area contributed by atoms with E-state index in [9.17, 15) is 0 Å². The van der Waals surface area contributed by atoms with Crippen LogP contribution < -0.4 is 0 Å². The zero-order chi connectivity index (χ0) is 9.40. The molecule has 1 rings (SSSR count). The minimum atomic E-state index is 0.874. The van der Waals surface area contributed by atoms with Crippen molar-refractivity contribution < 1.29 is 0 Å². The summed E-state index contributed by atoms with van der Waals surface area (Å²) in [5.74, 6) is 0.874. The van der Waals surface area contributed by atoms with E-state index in [-0.39, 0.29) is 0 Å². The van der Waals surface area contributed by atoms with Gasteiger partial charge >= 0.3 is 0 Å². The maximum absolute atomic E-state index is 4.11. The minimum Gasteiger partial charge on any atom is -0.0996 e. The summed E-state index contributed by atoms with van der Waals surface area (Å²) >= 11 is 0. The molecule has 0 aromatic heterocycles. The Labute approximate surface area is 78.1 Å². The van der Waals surface area contributed by atoms with Crippen molar-refractivity contribution in [3.05, 3.63) is 12.2 Å². The van der Waals surface area contributed by atoms with Crippen molar-refractivity contribution in [1.82, 2.24) is 0 Å². The molecule has 0 saturated heterocycles. The Bertz CT molecular complexity index is 111. The van der Waals surface area contributed by atoms with E-state index in [4.69, 9.17) is 0 Å². The van der Waals surface area contributed by atoms with E-state index in [0.717, 1.165) is 5.92 Å². The molecule has 1 aliphatic rings. The van der Waals surface area contributed by atoms with Crippen molar-refractivity contribution >= 4 is 0 Å². The zero-order valence-electron chi connectivity index (χ0n) is 9.03. The fourth-order valence-corrected chi connectivity index (χ4v) is 1.85. The highest BCUT2D eigenvalue weighted by Gasteiger charge is 2.15. The van der Waals surface area contributed by atoms with Gasteiger partial charge in [0.05, 0.1) is 0 Å². The average Bonchev–Trinajstić information content (AvgIpc) is 2.13. The van der Waals surface area contributed by atoms with Gasteiger partial charge in [-0.15, -0.1) is 0 Å². The summed E-state index contributed by atoms with van der Waals surface area (Å²) in [4.78, 5) is 0. The van der Waals surface area contributed by atoms with Crippen LogP contribution in [0, 0.1) is 5.92 Å². The van der Waals surface area contributed by atoms with Crippen molar-refractivity contribution in [2.75, 3.05) is 0 Å². The third-order valence-electron chi connectivity index (χ3n) is 2.51. The van der Waals surface area contributed by atoms with E-state index in [1.807, 2.05) is 13.8 Å². The lowest BCUT2D eigenvalue weighted by atomic mass is 9.83. The summed E-state index contributed by atoms with van der Waals surface area (Å²) in [6.45, 7) is 10.4. The molecule has 0 heteroatoms. The Hall–Kier alpha value is -0.260. The van der Waals surface area contributed by atoms with E-state index in [1.54, 1.807) is 0 Å². The van der Waals surface area contributed by atoms with Crippen LogP contribution in [0.15, 0.2) is 12.2 Å². The smallest absolute Gasteiger partial charge is 0.0206 e. The molecule has 0 heterocycles. The van der Waals surface area contributed by atoms with Crippen LogP contribution >= 0.6 is 0 Å². The van der Waals surface area contributed by atoms with Gasteiger partial charge in [0.25, 0.3) is 0 Å². The second-order valence-electron chi connectivity index (χ2n) is 3.39. The van der Waals surface area contributed by atoms with Gasteiger partial charge in [0.15, 0.2) is 0 Å². The Morgan fingerprint density at radius 1 is 1.33 bits per heavy atom. The molecular weight excluding hydrogens is 144 g/mol. The highest BCUT2D eigenvalue weighted by Crippen LogP contribution is 2.30. The molecule has 1 unspecified atom stereocenters. The molecule has 0 bridgehead atoms. The Morgan fingerprint density at radius 3 is 2.50 bits per heavy atom. The second kappa shape index (κ2) is 7.39. The van der Waals surface area contributed by atoms with Crippen LogP contribution in [0.4, 0.5) is 0 Å². The summed E-state index contributed by atoms with van der Waals surface area (Å²) in [5, 5.41) is 0. The first kappa shape index (κ1) is 11.7. The predicted molar refractivity (Wildman–Crippen MR) is 57.4 cm³/mol. The Morgan fingerprint density at radius 2 is 2.00 bits per heavy atom. The highest BCUT2D eigenvalue weighted by atomic mass is 14.2. The summed E-state index contributed by atoms with van der Waals surface area (Å²) in [5.41, 5.74) is 1.52.